The number of pyridine rings is 1. The van der Waals surface area contributed by atoms with Gasteiger partial charge in [-0.05, 0) is 38.0 Å². The fraction of sp³-hybridized carbons (Fsp3) is 0.526. The molecule has 1 aliphatic heterocycles. The molecule has 0 bridgehead atoms. The number of aromatic nitrogens is 1. The molecule has 1 N–H and O–H groups in total. The van der Waals surface area contributed by atoms with Crippen LogP contribution in [0.2, 0.25) is 0 Å². The van der Waals surface area contributed by atoms with Crippen molar-refractivity contribution in [1.29, 1.82) is 0 Å². The second-order valence-corrected chi connectivity index (χ2v) is 7.10. The third kappa shape index (κ3) is 4.04. The van der Waals surface area contributed by atoms with Gasteiger partial charge in [-0.25, -0.2) is 0 Å². The molecule has 2 aromatic rings. The lowest BCUT2D eigenvalue weighted by Crippen LogP contribution is -2.35. The second-order valence-electron chi connectivity index (χ2n) is 7.10. The highest BCUT2D eigenvalue weighted by molar-refractivity contribution is 5.81. The molecule has 1 aromatic heterocycles. The molecule has 1 saturated heterocycles. The smallest absolute Gasteiger partial charge is 0.252 e. The summed E-state index contributed by atoms with van der Waals surface area (Å²) in [6.07, 6.45) is 0. The number of hydrogen-bond donors (Lipinski definition) is 1. The average Bonchev–Trinajstić information content (AvgIpc) is 2.73. The van der Waals surface area contributed by atoms with Crippen molar-refractivity contribution in [2.24, 2.45) is 5.92 Å². The number of ether oxygens (including phenoxy) is 1. The molecule has 0 spiro atoms. The second kappa shape index (κ2) is 7.47. The fourth-order valence-corrected chi connectivity index (χ4v) is 3.51. The first-order valence-electron chi connectivity index (χ1n) is 8.59. The molecular weight excluding hydrogens is 302 g/mol. The number of H-pyrrole nitrogens is 1. The fourth-order valence-electron chi connectivity index (χ4n) is 3.51. The molecule has 130 valence electrons. The van der Waals surface area contributed by atoms with E-state index in [0.29, 0.717) is 12.5 Å². The van der Waals surface area contributed by atoms with Gasteiger partial charge in [-0.1, -0.05) is 18.2 Å². The topological polar surface area (TPSA) is 48.6 Å². The third-order valence-electron chi connectivity index (χ3n) is 4.60. The van der Waals surface area contributed by atoms with Gasteiger partial charge in [0.1, 0.15) is 0 Å². The lowest BCUT2D eigenvalue weighted by Gasteiger charge is -2.25. The van der Waals surface area contributed by atoms with Crippen molar-refractivity contribution < 1.29 is 4.74 Å². The van der Waals surface area contributed by atoms with Crippen LogP contribution in [-0.4, -0.2) is 61.7 Å². The summed E-state index contributed by atoms with van der Waals surface area (Å²) in [6, 6.07) is 8.15. The van der Waals surface area contributed by atoms with Gasteiger partial charge in [-0.15, -0.1) is 0 Å². The summed E-state index contributed by atoms with van der Waals surface area (Å²) in [5, 5.41) is 1.10. The molecule has 1 unspecified atom stereocenters. The van der Waals surface area contributed by atoms with Gasteiger partial charge in [0, 0.05) is 37.7 Å². The van der Waals surface area contributed by atoms with Crippen molar-refractivity contribution >= 4 is 10.9 Å². The van der Waals surface area contributed by atoms with E-state index in [1.54, 1.807) is 0 Å². The highest BCUT2D eigenvalue weighted by atomic mass is 16.5. The summed E-state index contributed by atoms with van der Waals surface area (Å²) >= 11 is 0. The van der Waals surface area contributed by atoms with Crippen molar-refractivity contribution in [3.8, 4) is 0 Å². The highest BCUT2D eigenvalue weighted by Crippen LogP contribution is 2.17. The van der Waals surface area contributed by atoms with Crippen LogP contribution >= 0.6 is 0 Å². The minimum absolute atomic E-state index is 0.0196. The van der Waals surface area contributed by atoms with Crippen molar-refractivity contribution in [3.05, 3.63) is 45.7 Å². The lowest BCUT2D eigenvalue weighted by molar-refractivity contribution is 0.112. The van der Waals surface area contributed by atoms with E-state index >= 15 is 0 Å². The summed E-state index contributed by atoms with van der Waals surface area (Å²) in [5.41, 5.74) is 2.89. The van der Waals surface area contributed by atoms with E-state index in [2.05, 4.69) is 34.9 Å². The Labute approximate surface area is 143 Å². The standard InChI is InChI=1S/C19H27N3O2/c1-14-5-4-6-16-9-17(19(23)20-18(14)16)12-22-7-8-24-13-15(11-22)10-21(2)3/h4-6,9,15H,7-8,10-13H2,1-3H3,(H,20,23). The Morgan fingerprint density at radius 2 is 2.21 bits per heavy atom. The number of nitrogens with zero attached hydrogens (tertiary/aromatic N) is 2. The van der Waals surface area contributed by atoms with Crippen LogP contribution < -0.4 is 5.56 Å². The van der Waals surface area contributed by atoms with E-state index < -0.39 is 0 Å². The van der Waals surface area contributed by atoms with Crippen LogP contribution in [0, 0.1) is 12.8 Å². The van der Waals surface area contributed by atoms with Crippen molar-refractivity contribution in [2.45, 2.75) is 13.5 Å². The Morgan fingerprint density at radius 1 is 1.38 bits per heavy atom. The van der Waals surface area contributed by atoms with Crippen LogP contribution in [0.1, 0.15) is 11.1 Å². The van der Waals surface area contributed by atoms with Crippen molar-refractivity contribution in [3.63, 3.8) is 0 Å². The Morgan fingerprint density at radius 3 is 3.00 bits per heavy atom. The highest BCUT2D eigenvalue weighted by Gasteiger charge is 2.20. The van der Waals surface area contributed by atoms with Crippen LogP contribution in [0.5, 0.6) is 0 Å². The maximum Gasteiger partial charge on any atom is 0.252 e. The first-order valence-corrected chi connectivity index (χ1v) is 8.59. The van der Waals surface area contributed by atoms with Gasteiger partial charge in [0.05, 0.1) is 18.7 Å². The zero-order valence-corrected chi connectivity index (χ0v) is 14.8. The monoisotopic (exact) mass is 329 g/mol. The molecule has 1 atom stereocenters. The number of para-hydroxylation sites is 1. The third-order valence-corrected chi connectivity index (χ3v) is 4.60. The van der Waals surface area contributed by atoms with Gasteiger partial charge in [0.15, 0.2) is 0 Å². The van der Waals surface area contributed by atoms with Crippen LogP contribution in [0.4, 0.5) is 0 Å². The molecule has 2 heterocycles. The maximum absolute atomic E-state index is 12.5. The molecule has 0 amide bonds. The zero-order chi connectivity index (χ0) is 17.1. The van der Waals surface area contributed by atoms with Gasteiger partial charge in [-0.2, -0.15) is 0 Å². The molecule has 0 radical (unpaired) electrons. The molecule has 1 aromatic carbocycles. The summed E-state index contributed by atoms with van der Waals surface area (Å²) in [4.78, 5) is 20.1. The number of hydrogen-bond acceptors (Lipinski definition) is 4. The number of benzene rings is 1. The van der Waals surface area contributed by atoms with Gasteiger partial charge in [0.2, 0.25) is 0 Å². The Hall–Kier alpha value is -1.69. The Bertz CT molecular complexity index is 754. The van der Waals surface area contributed by atoms with Crippen LogP contribution in [0.25, 0.3) is 10.9 Å². The number of rotatable bonds is 4. The summed E-state index contributed by atoms with van der Waals surface area (Å²) < 4.78 is 5.74. The van der Waals surface area contributed by atoms with E-state index in [1.807, 2.05) is 25.1 Å². The largest absolute Gasteiger partial charge is 0.380 e. The predicted molar refractivity (Wildman–Crippen MR) is 97.4 cm³/mol. The first-order chi connectivity index (χ1) is 11.5. The number of fused-ring (bicyclic) bond motifs is 1. The molecule has 1 fully saturated rings. The van der Waals surface area contributed by atoms with Crippen LogP contribution in [0.15, 0.2) is 29.1 Å². The molecule has 0 saturated carbocycles. The van der Waals surface area contributed by atoms with Crippen molar-refractivity contribution in [2.75, 3.05) is 46.9 Å². The van der Waals surface area contributed by atoms with E-state index in [0.717, 1.165) is 54.9 Å². The average molecular weight is 329 g/mol. The lowest BCUT2D eigenvalue weighted by atomic mass is 10.1. The Balaban J connectivity index is 1.80. The number of nitrogens with one attached hydrogen (secondary N) is 1. The molecular formula is C19H27N3O2. The van der Waals surface area contributed by atoms with E-state index in [4.69, 9.17) is 4.74 Å². The van der Waals surface area contributed by atoms with E-state index in [9.17, 15) is 4.79 Å². The Kier molecular flexibility index (Phi) is 5.33. The first kappa shape index (κ1) is 17.1. The van der Waals surface area contributed by atoms with Gasteiger partial charge >= 0.3 is 0 Å². The molecule has 24 heavy (non-hydrogen) atoms. The molecule has 1 aliphatic rings. The molecule has 5 heteroatoms. The maximum atomic E-state index is 12.5. The van der Waals surface area contributed by atoms with E-state index in [1.165, 1.54) is 0 Å². The minimum Gasteiger partial charge on any atom is -0.380 e. The van der Waals surface area contributed by atoms with Gasteiger partial charge < -0.3 is 14.6 Å². The van der Waals surface area contributed by atoms with Gasteiger partial charge in [0.25, 0.3) is 5.56 Å². The number of aromatic amines is 1. The predicted octanol–water partition coefficient (Wildman–Crippen LogP) is 1.85. The minimum atomic E-state index is 0.0196. The molecule has 3 rings (SSSR count). The van der Waals surface area contributed by atoms with Crippen molar-refractivity contribution in [1.82, 2.24) is 14.8 Å². The van der Waals surface area contributed by atoms with Crippen LogP contribution in [0.3, 0.4) is 0 Å². The molecule has 5 nitrogen and oxygen atoms in total. The van der Waals surface area contributed by atoms with E-state index in [-0.39, 0.29) is 5.56 Å². The van der Waals surface area contributed by atoms with Gasteiger partial charge in [-0.3, -0.25) is 9.69 Å². The quantitative estimate of drug-likeness (QED) is 0.930. The summed E-state index contributed by atoms with van der Waals surface area (Å²) in [7, 11) is 4.18. The molecule has 0 aliphatic carbocycles. The normalized spacial score (nSPS) is 19.8. The number of aryl methyl sites for hydroxylation is 1. The summed E-state index contributed by atoms with van der Waals surface area (Å²) in [5.74, 6) is 0.476. The summed E-state index contributed by atoms with van der Waals surface area (Å²) in [6.45, 7) is 7.06. The SMILES string of the molecule is Cc1cccc2cc(CN3CCOCC(CN(C)C)C3)c(=O)[nH]c12. The van der Waals surface area contributed by atoms with Crippen LogP contribution in [-0.2, 0) is 11.3 Å². The zero-order valence-electron chi connectivity index (χ0n) is 14.8.